The average molecular weight is 555 g/mol. The average Bonchev–Trinajstić information content (AvgIpc) is 3.01. The number of phenols is 2. The molecule has 0 aliphatic rings. The van der Waals surface area contributed by atoms with E-state index in [1.54, 1.807) is 24.3 Å². The second-order valence-electron chi connectivity index (χ2n) is 12.7. The van der Waals surface area contributed by atoms with Gasteiger partial charge >= 0.3 is 0 Å². The summed E-state index contributed by atoms with van der Waals surface area (Å²) in [4.78, 5) is 0. The van der Waals surface area contributed by atoms with Crippen molar-refractivity contribution in [2.24, 2.45) is 0 Å². The number of hydrogen-bond donors (Lipinski definition) is 2. The number of phenolic OH excluding ortho intramolecular Hbond substituents is 2. The molecular formula is C40H42O2. The normalized spacial score (nSPS) is 13.5. The molecule has 0 fully saturated rings. The molecule has 0 saturated heterocycles. The van der Waals surface area contributed by atoms with Crippen molar-refractivity contribution in [3.63, 3.8) is 0 Å². The molecule has 2 nitrogen and oxygen atoms in total. The van der Waals surface area contributed by atoms with Crippen LogP contribution in [0.1, 0.15) is 97.9 Å². The lowest BCUT2D eigenvalue weighted by atomic mass is 9.77. The lowest BCUT2D eigenvalue weighted by Gasteiger charge is -2.27. The van der Waals surface area contributed by atoms with Crippen LogP contribution in [-0.2, 0) is 10.8 Å². The van der Waals surface area contributed by atoms with Gasteiger partial charge in [0.2, 0.25) is 0 Å². The minimum absolute atomic E-state index is 0.146. The molecule has 2 heteroatoms. The lowest BCUT2D eigenvalue weighted by Crippen LogP contribution is -2.18. The van der Waals surface area contributed by atoms with Crippen molar-refractivity contribution in [2.75, 3.05) is 0 Å². The monoisotopic (exact) mass is 554 g/mol. The highest BCUT2D eigenvalue weighted by atomic mass is 16.3. The topological polar surface area (TPSA) is 40.5 Å². The molecule has 42 heavy (non-hydrogen) atoms. The van der Waals surface area contributed by atoms with Gasteiger partial charge < -0.3 is 10.2 Å². The minimum atomic E-state index is -0.146. The molecule has 5 rings (SSSR count). The molecule has 0 heterocycles. The SMILES string of the molecule is CC(c1ccc(C(C)c2ccc(C(C)(C)c3ccc(O)cc3)cc2)cc1)c1ccc(C(C)(C)c2ccc(O)cc2)cc1. The van der Waals surface area contributed by atoms with Crippen LogP contribution in [0.2, 0.25) is 0 Å². The van der Waals surface area contributed by atoms with Crippen LogP contribution in [0, 0.1) is 0 Å². The van der Waals surface area contributed by atoms with Gasteiger partial charge in [0.05, 0.1) is 0 Å². The number of benzene rings is 5. The molecule has 0 radical (unpaired) electrons. The molecule has 0 aliphatic heterocycles. The first kappa shape index (κ1) is 29.2. The quantitative estimate of drug-likeness (QED) is 0.200. The fraction of sp³-hybridized carbons (Fsp3) is 0.250. The number of rotatable bonds is 8. The first-order valence-electron chi connectivity index (χ1n) is 14.9. The molecule has 0 aliphatic carbocycles. The second-order valence-corrected chi connectivity index (χ2v) is 12.7. The minimum Gasteiger partial charge on any atom is -0.508 e. The lowest BCUT2D eigenvalue weighted by molar-refractivity contribution is 0.474. The molecule has 5 aromatic rings. The van der Waals surface area contributed by atoms with Gasteiger partial charge in [-0.3, -0.25) is 0 Å². The van der Waals surface area contributed by atoms with E-state index < -0.39 is 0 Å². The summed E-state index contributed by atoms with van der Waals surface area (Å²) in [5.74, 6) is 1.18. The number of hydrogen-bond acceptors (Lipinski definition) is 2. The Bertz CT molecular complexity index is 1480. The molecule has 2 atom stereocenters. The molecule has 5 aromatic carbocycles. The zero-order valence-electron chi connectivity index (χ0n) is 25.6. The standard InChI is InChI=1S/C40H42O2/c1-27(31-11-15-33(16-12-31)39(3,4)35-19-23-37(41)24-20-35)29-7-9-30(10-8-29)28(2)32-13-17-34(18-14-32)40(5,6)36-21-25-38(42)26-22-36/h7-28,41-42H,1-6H3. The third-order valence-electron chi connectivity index (χ3n) is 9.38. The van der Waals surface area contributed by atoms with E-state index in [9.17, 15) is 10.2 Å². The highest BCUT2D eigenvalue weighted by Gasteiger charge is 2.25. The van der Waals surface area contributed by atoms with Gasteiger partial charge in [-0.25, -0.2) is 0 Å². The third kappa shape index (κ3) is 5.85. The summed E-state index contributed by atoms with van der Waals surface area (Å²) in [7, 11) is 0. The van der Waals surface area contributed by atoms with Crippen molar-refractivity contribution in [3.8, 4) is 11.5 Å². The molecule has 0 spiro atoms. The summed E-state index contributed by atoms with van der Waals surface area (Å²) in [6.45, 7) is 13.4. The van der Waals surface area contributed by atoms with Gasteiger partial charge in [-0.2, -0.15) is 0 Å². The van der Waals surface area contributed by atoms with E-state index in [0.29, 0.717) is 23.3 Å². The largest absolute Gasteiger partial charge is 0.508 e. The summed E-state index contributed by atoms with van der Waals surface area (Å²) in [6.07, 6.45) is 0. The fourth-order valence-corrected chi connectivity index (χ4v) is 5.92. The molecule has 0 amide bonds. The summed E-state index contributed by atoms with van der Waals surface area (Å²) in [6, 6.07) is 42.1. The van der Waals surface area contributed by atoms with E-state index in [2.05, 4.69) is 114 Å². The van der Waals surface area contributed by atoms with Crippen molar-refractivity contribution < 1.29 is 10.2 Å². The Hall–Kier alpha value is -4.30. The zero-order chi connectivity index (χ0) is 30.1. The van der Waals surface area contributed by atoms with E-state index in [4.69, 9.17) is 0 Å². The predicted molar refractivity (Wildman–Crippen MR) is 175 cm³/mol. The molecule has 0 saturated carbocycles. The Labute approximate surface area is 251 Å². The van der Waals surface area contributed by atoms with Gasteiger partial charge in [0.15, 0.2) is 0 Å². The maximum Gasteiger partial charge on any atom is 0.115 e. The summed E-state index contributed by atoms with van der Waals surface area (Å²) < 4.78 is 0. The Morgan fingerprint density at radius 3 is 0.786 bits per heavy atom. The molecule has 2 N–H and O–H groups in total. The molecule has 214 valence electrons. The fourth-order valence-electron chi connectivity index (χ4n) is 5.92. The van der Waals surface area contributed by atoms with Gasteiger partial charge in [0.25, 0.3) is 0 Å². The van der Waals surface area contributed by atoms with Gasteiger partial charge in [0, 0.05) is 22.7 Å². The van der Waals surface area contributed by atoms with Gasteiger partial charge in [-0.1, -0.05) is 139 Å². The van der Waals surface area contributed by atoms with E-state index >= 15 is 0 Å². The van der Waals surface area contributed by atoms with E-state index in [-0.39, 0.29) is 10.8 Å². The maximum atomic E-state index is 9.68. The van der Waals surface area contributed by atoms with E-state index in [1.807, 2.05) is 24.3 Å². The van der Waals surface area contributed by atoms with Crippen molar-refractivity contribution in [1.29, 1.82) is 0 Å². The van der Waals surface area contributed by atoms with Crippen molar-refractivity contribution in [1.82, 2.24) is 0 Å². The van der Waals surface area contributed by atoms with Crippen LogP contribution in [0.5, 0.6) is 11.5 Å². The predicted octanol–water partition coefficient (Wildman–Crippen LogP) is 10.1. The Balaban J connectivity index is 1.28. The highest BCUT2D eigenvalue weighted by Crippen LogP contribution is 2.36. The first-order chi connectivity index (χ1) is 20.0. The van der Waals surface area contributed by atoms with Gasteiger partial charge in [-0.05, 0) is 68.8 Å². The Morgan fingerprint density at radius 2 is 0.548 bits per heavy atom. The highest BCUT2D eigenvalue weighted by molar-refractivity contribution is 5.45. The molecular weight excluding hydrogens is 512 g/mol. The van der Waals surface area contributed by atoms with Crippen LogP contribution >= 0.6 is 0 Å². The Kier molecular flexibility index (Phi) is 8.01. The summed E-state index contributed by atoms with van der Waals surface area (Å²) >= 11 is 0. The zero-order valence-corrected chi connectivity index (χ0v) is 25.6. The summed E-state index contributed by atoms with van der Waals surface area (Å²) in [5, 5.41) is 19.4. The smallest absolute Gasteiger partial charge is 0.115 e. The van der Waals surface area contributed by atoms with Gasteiger partial charge in [0.1, 0.15) is 11.5 Å². The second kappa shape index (κ2) is 11.5. The van der Waals surface area contributed by atoms with Crippen molar-refractivity contribution in [2.45, 2.75) is 64.2 Å². The summed E-state index contributed by atoms with van der Waals surface area (Å²) in [5.41, 5.74) is 9.80. The first-order valence-corrected chi connectivity index (χ1v) is 14.9. The van der Waals surface area contributed by atoms with E-state index in [1.165, 1.54) is 44.5 Å². The third-order valence-corrected chi connectivity index (χ3v) is 9.38. The van der Waals surface area contributed by atoms with Crippen molar-refractivity contribution in [3.05, 3.63) is 166 Å². The maximum absolute atomic E-state index is 9.68. The van der Waals surface area contributed by atoms with E-state index in [0.717, 1.165) is 0 Å². The Morgan fingerprint density at radius 1 is 0.357 bits per heavy atom. The van der Waals surface area contributed by atoms with Crippen molar-refractivity contribution >= 4 is 0 Å². The van der Waals surface area contributed by atoms with Gasteiger partial charge in [-0.15, -0.1) is 0 Å². The molecule has 0 bridgehead atoms. The van der Waals surface area contributed by atoms with Crippen LogP contribution < -0.4 is 0 Å². The van der Waals surface area contributed by atoms with Crippen LogP contribution in [0.15, 0.2) is 121 Å². The number of aromatic hydroxyl groups is 2. The van der Waals surface area contributed by atoms with Crippen LogP contribution in [0.3, 0.4) is 0 Å². The molecule has 2 unspecified atom stereocenters. The van der Waals surface area contributed by atoms with Crippen LogP contribution in [-0.4, -0.2) is 10.2 Å². The molecule has 0 aromatic heterocycles. The van der Waals surface area contributed by atoms with Crippen LogP contribution in [0.25, 0.3) is 0 Å². The van der Waals surface area contributed by atoms with Crippen LogP contribution in [0.4, 0.5) is 0 Å².